The van der Waals surface area contributed by atoms with Gasteiger partial charge in [0.2, 0.25) is 0 Å². The van der Waals surface area contributed by atoms with Crippen molar-refractivity contribution in [3.05, 3.63) is 12.7 Å². The van der Waals surface area contributed by atoms with Crippen LogP contribution >= 0.6 is 0 Å². The first-order chi connectivity index (χ1) is 9.69. The number of nitrogens with zero attached hydrogens (tertiary/aromatic N) is 5. The zero-order chi connectivity index (χ0) is 14.5. The predicted octanol–water partition coefficient (Wildman–Crippen LogP) is -0.185. The van der Waals surface area contributed by atoms with Gasteiger partial charge in [0, 0.05) is 6.54 Å². The topological polar surface area (TPSA) is 105 Å². The van der Waals surface area contributed by atoms with E-state index in [4.69, 9.17) is 5.84 Å². The number of nitrogens with two attached hydrogens (primary N) is 1. The summed E-state index contributed by atoms with van der Waals surface area (Å²) in [5.74, 6) is 5.86. The molecular formula is C12H21N7O. The van der Waals surface area contributed by atoms with Crippen LogP contribution in [0, 0.1) is 0 Å². The van der Waals surface area contributed by atoms with E-state index in [1.807, 2.05) is 4.57 Å². The number of aliphatic hydroxyl groups is 1. The van der Waals surface area contributed by atoms with E-state index in [0.29, 0.717) is 30.1 Å². The van der Waals surface area contributed by atoms with E-state index in [9.17, 15) is 5.11 Å². The Morgan fingerprint density at radius 1 is 1.35 bits per heavy atom. The van der Waals surface area contributed by atoms with Gasteiger partial charge in [-0.2, -0.15) is 0 Å². The maximum atomic E-state index is 10.2. The molecule has 4 N–H and O–H groups in total. The van der Waals surface area contributed by atoms with E-state index in [-0.39, 0.29) is 0 Å². The van der Waals surface area contributed by atoms with Crippen LogP contribution in [0.2, 0.25) is 0 Å². The van der Waals surface area contributed by atoms with Gasteiger partial charge in [-0.15, -0.1) is 0 Å². The van der Waals surface area contributed by atoms with Crippen LogP contribution in [-0.2, 0) is 6.54 Å². The number of aromatic nitrogens is 4. The summed E-state index contributed by atoms with van der Waals surface area (Å²) in [6, 6.07) is 0. The van der Waals surface area contributed by atoms with Crippen molar-refractivity contribution in [3.63, 3.8) is 0 Å². The SMILES string of the molecule is CCN(CC)CC(O)Cn1cnc2c(NN)ncnc21. The molecule has 0 spiro atoms. The minimum absolute atomic E-state index is 0.439. The van der Waals surface area contributed by atoms with Crippen molar-refractivity contribution in [1.82, 2.24) is 24.4 Å². The molecule has 0 aliphatic carbocycles. The molecule has 0 radical (unpaired) electrons. The number of nitrogens with one attached hydrogen (secondary N) is 1. The van der Waals surface area contributed by atoms with Crippen LogP contribution < -0.4 is 11.3 Å². The number of anilines is 1. The molecule has 110 valence electrons. The number of nitrogen functional groups attached to an aromatic ring is 1. The van der Waals surface area contributed by atoms with Crippen molar-refractivity contribution in [3.8, 4) is 0 Å². The zero-order valence-corrected chi connectivity index (χ0v) is 11.8. The van der Waals surface area contributed by atoms with Crippen LogP contribution in [0.1, 0.15) is 13.8 Å². The minimum atomic E-state index is -0.475. The molecule has 20 heavy (non-hydrogen) atoms. The third-order valence-corrected chi connectivity index (χ3v) is 3.31. The zero-order valence-electron chi connectivity index (χ0n) is 11.8. The molecular weight excluding hydrogens is 258 g/mol. The van der Waals surface area contributed by atoms with Gasteiger partial charge >= 0.3 is 0 Å². The lowest BCUT2D eigenvalue weighted by Crippen LogP contribution is -2.34. The summed E-state index contributed by atoms with van der Waals surface area (Å²) >= 11 is 0. The molecule has 0 saturated heterocycles. The summed E-state index contributed by atoms with van der Waals surface area (Å²) < 4.78 is 1.81. The molecule has 2 aromatic heterocycles. The van der Waals surface area contributed by atoms with Crippen LogP contribution in [0.25, 0.3) is 11.2 Å². The average Bonchev–Trinajstić information content (AvgIpc) is 2.87. The number of rotatable bonds is 7. The molecule has 0 saturated carbocycles. The van der Waals surface area contributed by atoms with E-state index in [1.165, 1.54) is 6.33 Å². The Morgan fingerprint density at radius 2 is 2.10 bits per heavy atom. The standard InChI is InChI=1S/C12H21N7O/c1-3-18(4-2)5-9(20)6-19-8-16-10-11(17-13)14-7-15-12(10)19/h7-9,20H,3-6,13H2,1-2H3,(H,14,15,17). The second-order valence-corrected chi connectivity index (χ2v) is 4.58. The number of hydrogen-bond acceptors (Lipinski definition) is 7. The third kappa shape index (κ3) is 3.03. The third-order valence-electron chi connectivity index (χ3n) is 3.31. The molecule has 1 unspecified atom stereocenters. The van der Waals surface area contributed by atoms with Gasteiger partial charge in [0.1, 0.15) is 6.33 Å². The fourth-order valence-electron chi connectivity index (χ4n) is 2.18. The van der Waals surface area contributed by atoms with E-state index in [2.05, 4.69) is 39.1 Å². The molecule has 0 aliphatic rings. The molecule has 0 amide bonds. The number of imidazole rings is 1. The Labute approximate surface area is 117 Å². The first-order valence-electron chi connectivity index (χ1n) is 6.72. The van der Waals surface area contributed by atoms with Crippen LogP contribution in [0.15, 0.2) is 12.7 Å². The van der Waals surface area contributed by atoms with Crippen molar-refractivity contribution in [2.75, 3.05) is 25.1 Å². The predicted molar refractivity (Wildman–Crippen MR) is 76.9 cm³/mol. The monoisotopic (exact) mass is 279 g/mol. The Bertz CT molecular complexity index is 552. The van der Waals surface area contributed by atoms with Gasteiger partial charge in [-0.1, -0.05) is 13.8 Å². The first kappa shape index (κ1) is 14.6. The highest BCUT2D eigenvalue weighted by atomic mass is 16.3. The second-order valence-electron chi connectivity index (χ2n) is 4.58. The van der Waals surface area contributed by atoms with Gasteiger partial charge < -0.3 is 20.0 Å². The fraction of sp³-hybridized carbons (Fsp3) is 0.583. The Morgan fingerprint density at radius 3 is 2.75 bits per heavy atom. The first-order valence-corrected chi connectivity index (χ1v) is 6.72. The van der Waals surface area contributed by atoms with E-state index < -0.39 is 6.10 Å². The molecule has 0 aliphatic heterocycles. The molecule has 8 nitrogen and oxygen atoms in total. The summed E-state index contributed by atoms with van der Waals surface area (Å²) in [5, 5.41) is 10.2. The van der Waals surface area contributed by atoms with Gasteiger partial charge in [-0.3, -0.25) is 0 Å². The quantitative estimate of drug-likeness (QED) is 0.476. The Kier molecular flexibility index (Phi) is 4.83. The normalized spacial score (nSPS) is 13.1. The van der Waals surface area contributed by atoms with Crippen molar-refractivity contribution in [2.24, 2.45) is 5.84 Å². The summed E-state index contributed by atoms with van der Waals surface area (Å²) in [4.78, 5) is 14.6. The highest BCUT2D eigenvalue weighted by Crippen LogP contribution is 2.16. The highest BCUT2D eigenvalue weighted by Gasteiger charge is 2.14. The second kappa shape index (κ2) is 6.60. The smallest absolute Gasteiger partial charge is 0.171 e. The van der Waals surface area contributed by atoms with Crippen molar-refractivity contribution in [2.45, 2.75) is 26.5 Å². The van der Waals surface area contributed by atoms with E-state index in [0.717, 1.165) is 13.1 Å². The number of hydrazine groups is 1. The van der Waals surface area contributed by atoms with Gasteiger partial charge in [-0.05, 0) is 13.1 Å². The summed E-state index contributed by atoms with van der Waals surface area (Å²) in [6.07, 6.45) is 2.59. The molecule has 0 fully saturated rings. The van der Waals surface area contributed by atoms with Crippen LogP contribution in [0.5, 0.6) is 0 Å². The van der Waals surface area contributed by atoms with Crippen LogP contribution in [0.4, 0.5) is 5.82 Å². The van der Waals surface area contributed by atoms with Gasteiger partial charge in [0.05, 0.1) is 19.0 Å². The highest BCUT2D eigenvalue weighted by molar-refractivity contribution is 5.82. The van der Waals surface area contributed by atoms with Crippen molar-refractivity contribution in [1.29, 1.82) is 0 Å². The number of hydrogen-bond donors (Lipinski definition) is 3. The molecule has 0 bridgehead atoms. The minimum Gasteiger partial charge on any atom is -0.390 e. The molecule has 8 heteroatoms. The van der Waals surface area contributed by atoms with Gasteiger partial charge in [0.25, 0.3) is 0 Å². The van der Waals surface area contributed by atoms with Crippen molar-refractivity contribution >= 4 is 17.0 Å². The van der Waals surface area contributed by atoms with Crippen LogP contribution in [-0.4, -0.2) is 55.3 Å². The molecule has 0 aromatic carbocycles. The lowest BCUT2D eigenvalue weighted by Gasteiger charge is -2.22. The van der Waals surface area contributed by atoms with Crippen molar-refractivity contribution < 1.29 is 5.11 Å². The molecule has 2 heterocycles. The number of aliphatic hydroxyl groups excluding tert-OH is 1. The Hall–Kier alpha value is -1.77. The lowest BCUT2D eigenvalue weighted by atomic mass is 10.3. The number of likely N-dealkylation sites (N-methyl/N-ethyl adjacent to an activating group) is 1. The van der Waals surface area contributed by atoms with Gasteiger partial charge in [-0.25, -0.2) is 20.8 Å². The Balaban J connectivity index is 2.14. The molecule has 2 aromatic rings. The molecule has 2 rings (SSSR count). The maximum Gasteiger partial charge on any atom is 0.171 e. The lowest BCUT2D eigenvalue weighted by molar-refractivity contribution is 0.104. The van der Waals surface area contributed by atoms with Crippen LogP contribution in [0.3, 0.4) is 0 Å². The molecule has 1 atom stereocenters. The van der Waals surface area contributed by atoms with E-state index in [1.54, 1.807) is 6.33 Å². The summed E-state index contributed by atoms with van der Waals surface area (Å²) in [5.41, 5.74) is 3.75. The maximum absolute atomic E-state index is 10.2. The van der Waals surface area contributed by atoms with E-state index >= 15 is 0 Å². The largest absolute Gasteiger partial charge is 0.390 e. The summed E-state index contributed by atoms with van der Waals surface area (Å²) in [7, 11) is 0. The van der Waals surface area contributed by atoms with Gasteiger partial charge in [0.15, 0.2) is 17.0 Å². The number of fused-ring (bicyclic) bond motifs is 1. The summed E-state index contributed by atoms with van der Waals surface area (Å²) in [6.45, 7) is 7.06. The average molecular weight is 279 g/mol. The fourth-order valence-corrected chi connectivity index (χ4v) is 2.18.